The van der Waals surface area contributed by atoms with Crippen molar-refractivity contribution in [2.24, 2.45) is 11.7 Å². The van der Waals surface area contributed by atoms with Crippen LogP contribution >= 0.6 is 0 Å². The molecule has 0 saturated carbocycles. The van der Waals surface area contributed by atoms with E-state index in [2.05, 4.69) is 31.2 Å². The maximum Gasteiger partial charge on any atom is 0.326 e. The number of nitrogens with two attached hydrogens (primary N) is 1. The van der Waals surface area contributed by atoms with E-state index in [-0.39, 0.29) is 55.3 Å². The number of aromatic nitrogens is 2. The Balaban J connectivity index is 1.55. The molecule has 0 radical (unpaired) electrons. The number of hydrogen-bond acceptors (Lipinski definition) is 10. The fraction of sp³-hybridized carbons (Fsp3) is 0.333. The minimum atomic E-state index is -1.40. The molecule has 3 aromatic carbocycles. The molecule has 16 heteroatoms. The fourth-order valence-corrected chi connectivity index (χ4v) is 5.75. The molecular formula is C39H47N7O9. The second-order valence-electron chi connectivity index (χ2n) is 13.7. The molecule has 0 aliphatic carbocycles. The predicted molar refractivity (Wildman–Crippen MR) is 201 cm³/mol. The maximum atomic E-state index is 14.1. The zero-order valence-corrected chi connectivity index (χ0v) is 30.4. The van der Waals surface area contributed by atoms with Crippen molar-refractivity contribution in [3.8, 4) is 17.2 Å². The van der Waals surface area contributed by atoms with E-state index in [1.165, 1.54) is 61.1 Å². The zero-order valence-electron chi connectivity index (χ0n) is 30.4. The number of aliphatic carboxylic acids is 1. The van der Waals surface area contributed by atoms with Crippen molar-refractivity contribution in [2.75, 3.05) is 0 Å². The lowest BCUT2D eigenvalue weighted by Gasteiger charge is -2.27. The quantitative estimate of drug-likeness (QED) is 0.0649. The van der Waals surface area contributed by atoms with E-state index in [1.54, 1.807) is 24.3 Å². The summed E-state index contributed by atoms with van der Waals surface area (Å²) in [5.41, 5.74) is 8.41. The number of hydrogen-bond donors (Lipinski definition) is 10. The van der Waals surface area contributed by atoms with Crippen molar-refractivity contribution < 1.29 is 44.4 Å². The third kappa shape index (κ3) is 13.2. The Hall–Kier alpha value is -6.42. The summed E-state index contributed by atoms with van der Waals surface area (Å²) in [4.78, 5) is 74.0. The summed E-state index contributed by atoms with van der Waals surface area (Å²) in [5.74, 6) is -4.27. The largest absolute Gasteiger partial charge is 0.508 e. The van der Waals surface area contributed by atoms with Crippen LogP contribution in [0.15, 0.2) is 85.3 Å². The molecule has 0 unspecified atom stereocenters. The van der Waals surface area contributed by atoms with Crippen molar-refractivity contribution in [1.29, 1.82) is 0 Å². The number of rotatable bonds is 19. The van der Waals surface area contributed by atoms with Gasteiger partial charge in [0.25, 0.3) is 0 Å². The smallest absolute Gasteiger partial charge is 0.326 e. The lowest BCUT2D eigenvalue weighted by atomic mass is 9.99. The van der Waals surface area contributed by atoms with E-state index in [0.717, 1.165) is 0 Å². The SMILES string of the molecule is CC(C)C[C@H](NC(=O)[C@@H](N)Cc1ccc(O)cc1)C(=O)N[C@@H](Cc1ccc(O)cc1)C(=O)N[C@@H](Cc1cnc[nH]1)C(=O)N[C@@H](Cc1ccc(O)cc1)C(=O)O. The Morgan fingerprint density at radius 2 is 1.00 bits per heavy atom. The Labute approximate surface area is 317 Å². The number of imidazole rings is 1. The van der Waals surface area contributed by atoms with Crippen LogP contribution in [0.2, 0.25) is 0 Å². The molecule has 0 fully saturated rings. The van der Waals surface area contributed by atoms with Crippen LogP contribution in [0, 0.1) is 5.92 Å². The van der Waals surface area contributed by atoms with Gasteiger partial charge in [-0.15, -0.1) is 0 Å². The summed E-state index contributed by atoms with van der Waals surface area (Å²) in [6.07, 6.45) is 2.83. The van der Waals surface area contributed by atoms with E-state index in [4.69, 9.17) is 5.73 Å². The van der Waals surface area contributed by atoms with Crippen LogP contribution < -0.4 is 27.0 Å². The van der Waals surface area contributed by atoms with Gasteiger partial charge in [0.1, 0.15) is 41.4 Å². The molecule has 0 aliphatic heterocycles. The number of carbonyl (C=O) groups excluding carboxylic acids is 4. The summed E-state index contributed by atoms with van der Waals surface area (Å²) >= 11 is 0. The average molecular weight is 758 g/mol. The summed E-state index contributed by atoms with van der Waals surface area (Å²) in [5, 5.41) is 49.6. The summed E-state index contributed by atoms with van der Waals surface area (Å²) in [7, 11) is 0. The van der Waals surface area contributed by atoms with Crippen molar-refractivity contribution in [3.05, 3.63) is 108 Å². The first-order chi connectivity index (χ1) is 26.2. The number of nitrogens with one attached hydrogen (secondary N) is 5. The number of benzene rings is 3. The fourth-order valence-electron chi connectivity index (χ4n) is 5.75. The summed E-state index contributed by atoms with van der Waals surface area (Å²) < 4.78 is 0. The van der Waals surface area contributed by atoms with E-state index in [1.807, 2.05) is 13.8 Å². The van der Waals surface area contributed by atoms with Crippen LogP contribution in [0.4, 0.5) is 0 Å². The number of phenols is 3. The Morgan fingerprint density at radius 1 is 0.600 bits per heavy atom. The van der Waals surface area contributed by atoms with E-state index < -0.39 is 59.8 Å². The van der Waals surface area contributed by atoms with Gasteiger partial charge in [0.15, 0.2) is 0 Å². The van der Waals surface area contributed by atoms with E-state index >= 15 is 0 Å². The standard InChI is InChI=1S/C39H47N7O9/c1-22(2)15-31(43-35(50)30(40)16-23-3-9-27(47)10-4-23)36(51)44-32(17-24-5-11-28(48)12-6-24)37(52)45-33(19-26-20-41-21-42-26)38(53)46-34(39(54)55)18-25-7-13-29(49)14-8-25/h3-14,20-22,30-34,47-49H,15-19,40H2,1-2H3,(H,41,42)(H,43,50)(H,44,51)(H,45,52)(H,46,53)(H,54,55)/t30-,31-,32-,33-,34-/m0/s1. The maximum absolute atomic E-state index is 14.1. The Bertz CT molecular complexity index is 1880. The van der Waals surface area contributed by atoms with Crippen molar-refractivity contribution in [2.45, 2.75) is 76.2 Å². The molecular weight excluding hydrogens is 710 g/mol. The lowest BCUT2D eigenvalue weighted by molar-refractivity contribution is -0.142. The third-order valence-corrected chi connectivity index (χ3v) is 8.68. The lowest BCUT2D eigenvalue weighted by Crippen LogP contribution is -2.59. The first-order valence-electron chi connectivity index (χ1n) is 17.7. The molecule has 55 heavy (non-hydrogen) atoms. The molecule has 5 atom stereocenters. The number of carboxylic acid groups (broad SMARTS) is 1. The van der Waals surface area contributed by atoms with Crippen molar-refractivity contribution in [1.82, 2.24) is 31.2 Å². The highest BCUT2D eigenvalue weighted by molar-refractivity contribution is 5.95. The molecule has 4 amide bonds. The number of nitrogens with zero attached hydrogens (tertiary/aromatic N) is 1. The molecule has 0 spiro atoms. The van der Waals surface area contributed by atoms with Gasteiger partial charge in [-0.05, 0) is 71.8 Å². The number of carbonyl (C=O) groups is 5. The highest BCUT2D eigenvalue weighted by Crippen LogP contribution is 2.15. The van der Waals surface area contributed by atoms with Crippen molar-refractivity contribution >= 4 is 29.6 Å². The average Bonchev–Trinajstić information content (AvgIpc) is 3.66. The number of aromatic amines is 1. The van der Waals surface area contributed by atoms with Gasteiger partial charge in [0.2, 0.25) is 23.6 Å². The minimum Gasteiger partial charge on any atom is -0.508 e. The van der Waals surface area contributed by atoms with Crippen LogP contribution in [0.1, 0.15) is 42.7 Å². The van der Waals surface area contributed by atoms with Crippen LogP contribution in [0.25, 0.3) is 0 Å². The highest BCUT2D eigenvalue weighted by Gasteiger charge is 2.33. The van der Waals surface area contributed by atoms with Gasteiger partial charge in [-0.25, -0.2) is 9.78 Å². The molecule has 292 valence electrons. The number of H-pyrrole nitrogens is 1. The molecule has 11 N–H and O–H groups in total. The minimum absolute atomic E-state index is 0.0111. The molecule has 4 aromatic rings. The number of aromatic hydroxyl groups is 3. The predicted octanol–water partition coefficient (Wildman–Crippen LogP) is 1.19. The van der Waals surface area contributed by atoms with Crippen molar-refractivity contribution in [3.63, 3.8) is 0 Å². The first kappa shape index (κ1) is 41.3. The second-order valence-corrected chi connectivity index (χ2v) is 13.7. The molecule has 16 nitrogen and oxygen atoms in total. The van der Waals surface area contributed by atoms with Gasteiger partial charge in [0, 0.05) is 31.2 Å². The normalized spacial score (nSPS) is 13.8. The van der Waals surface area contributed by atoms with Crippen LogP contribution in [0.3, 0.4) is 0 Å². The Morgan fingerprint density at radius 3 is 1.44 bits per heavy atom. The summed E-state index contributed by atoms with van der Waals surface area (Å²) in [6, 6.07) is 11.8. The topological polar surface area (TPSA) is 269 Å². The molecule has 0 saturated heterocycles. The number of phenolic OH excluding ortho intramolecular Hbond substituents is 3. The molecule has 1 aromatic heterocycles. The van der Waals surface area contributed by atoms with Gasteiger partial charge in [-0.3, -0.25) is 19.2 Å². The van der Waals surface area contributed by atoms with Gasteiger partial charge >= 0.3 is 5.97 Å². The second kappa shape index (κ2) is 19.6. The van der Waals surface area contributed by atoms with Gasteiger partial charge in [-0.2, -0.15) is 0 Å². The van der Waals surface area contributed by atoms with E-state index in [0.29, 0.717) is 22.4 Å². The summed E-state index contributed by atoms with van der Waals surface area (Å²) in [6.45, 7) is 3.71. The molecule has 0 aliphatic rings. The molecule has 0 bridgehead atoms. The monoisotopic (exact) mass is 757 g/mol. The molecule has 4 rings (SSSR count). The van der Waals surface area contributed by atoms with Gasteiger partial charge in [-0.1, -0.05) is 50.2 Å². The molecule has 1 heterocycles. The zero-order chi connectivity index (χ0) is 40.1. The Kier molecular flexibility index (Phi) is 14.7. The van der Waals surface area contributed by atoms with Gasteiger partial charge in [0.05, 0.1) is 12.4 Å². The number of amides is 4. The van der Waals surface area contributed by atoms with Crippen LogP contribution in [-0.2, 0) is 49.7 Å². The third-order valence-electron chi connectivity index (χ3n) is 8.68. The first-order valence-corrected chi connectivity index (χ1v) is 17.7. The van der Waals surface area contributed by atoms with Crippen LogP contribution in [0.5, 0.6) is 17.2 Å². The van der Waals surface area contributed by atoms with E-state index in [9.17, 15) is 44.4 Å². The van der Waals surface area contributed by atoms with Crippen LogP contribution in [-0.4, -0.2) is 90.2 Å². The number of carboxylic acids is 1. The highest BCUT2D eigenvalue weighted by atomic mass is 16.4. The van der Waals surface area contributed by atoms with Gasteiger partial charge < -0.3 is 52.4 Å².